The average molecular weight is 728 g/mol. The van der Waals surface area contributed by atoms with E-state index in [2.05, 4.69) is 33.4 Å². The number of nitrogens with one attached hydrogen (secondary N) is 4. The molecule has 4 heterocycles. The zero-order valence-corrected chi connectivity index (χ0v) is 30.6. The predicted octanol–water partition coefficient (Wildman–Crippen LogP) is 4.78. The highest BCUT2D eigenvalue weighted by atomic mass is 35.5. The summed E-state index contributed by atoms with van der Waals surface area (Å²) in [6.07, 6.45) is 4.09. The van der Waals surface area contributed by atoms with Gasteiger partial charge in [0.15, 0.2) is 0 Å². The van der Waals surface area contributed by atoms with Crippen LogP contribution in [0, 0.1) is 6.92 Å². The summed E-state index contributed by atoms with van der Waals surface area (Å²) in [4.78, 5) is 25.9. The van der Waals surface area contributed by atoms with Gasteiger partial charge in [-0.25, -0.2) is 9.97 Å². The molecule has 2 aromatic carbocycles. The van der Waals surface area contributed by atoms with Crippen LogP contribution < -0.4 is 35.5 Å². The third-order valence-corrected chi connectivity index (χ3v) is 10.5. The topological polar surface area (TPSA) is 152 Å². The van der Waals surface area contributed by atoms with Gasteiger partial charge in [-0.1, -0.05) is 54.1 Å². The molecular weight excluding hydrogens is 682 g/mol. The van der Waals surface area contributed by atoms with Crippen LogP contribution in [0.15, 0.2) is 48.5 Å². The number of benzene rings is 2. The van der Waals surface area contributed by atoms with E-state index in [1.165, 1.54) is 5.56 Å². The monoisotopic (exact) mass is 727 g/mol. The second-order valence-corrected chi connectivity index (χ2v) is 14.0. The summed E-state index contributed by atoms with van der Waals surface area (Å²) < 4.78 is 17.9. The smallest absolute Gasteiger partial charge is 0.240 e. The first-order chi connectivity index (χ1) is 25.3. The van der Waals surface area contributed by atoms with Crippen molar-refractivity contribution in [3.63, 3.8) is 0 Å². The summed E-state index contributed by atoms with van der Waals surface area (Å²) in [5.74, 6) is 1.52. The number of methoxy groups -OCH3 is 2. The highest BCUT2D eigenvalue weighted by Gasteiger charge is 2.29. The van der Waals surface area contributed by atoms with Crippen LogP contribution in [0.25, 0.3) is 22.4 Å². The molecule has 0 bridgehead atoms. The van der Waals surface area contributed by atoms with Crippen molar-refractivity contribution in [3.8, 4) is 40.0 Å². The molecule has 12 nitrogen and oxygen atoms in total. The normalized spacial score (nSPS) is 20.9. The van der Waals surface area contributed by atoms with E-state index in [0.717, 1.165) is 65.6 Å². The number of carbonyl (C=O) groups excluding carboxylic acids is 1. The lowest BCUT2D eigenvalue weighted by Gasteiger charge is -2.19. The number of rotatable bonds is 14. The highest BCUT2D eigenvalue weighted by Crippen LogP contribution is 2.44. The van der Waals surface area contributed by atoms with Gasteiger partial charge in [-0.15, -0.1) is 0 Å². The fourth-order valence-corrected chi connectivity index (χ4v) is 7.78. The maximum atomic E-state index is 11.5. The number of hydrogen-bond donors (Lipinski definition) is 5. The van der Waals surface area contributed by atoms with Crippen molar-refractivity contribution >= 4 is 17.5 Å². The summed E-state index contributed by atoms with van der Waals surface area (Å²) in [5, 5.41) is 23.3. The van der Waals surface area contributed by atoms with E-state index in [1.807, 2.05) is 43.3 Å². The van der Waals surface area contributed by atoms with E-state index in [-0.39, 0.29) is 24.1 Å². The van der Waals surface area contributed by atoms with Crippen LogP contribution in [0.3, 0.4) is 0 Å². The van der Waals surface area contributed by atoms with Crippen LogP contribution in [0.4, 0.5) is 0 Å². The number of pyridine rings is 1. The molecule has 4 aromatic rings. The largest absolute Gasteiger partial charge is 0.481 e. The molecule has 0 spiro atoms. The van der Waals surface area contributed by atoms with Gasteiger partial charge < -0.3 is 35.3 Å². The Morgan fingerprint density at radius 3 is 2.37 bits per heavy atom. The molecule has 0 saturated carbocycles. The number of ether oxygens (including phenoxy) is 3. The van der Waals surface area contributed by atoms with Crippen molar-refractivity contribution < 1.29 is 24.1 Å². The molecular formula is C39H46ClN7O5. The van der Waals surface area contributed by atoms with Gasteiger partial charge in [0.2, 0.25) is 23.5 Å². The number of fused-ring (bicyclic) bond motifs is 1. The SMILES string of the molecule is COc1nc(-c2cccc(-c3cccc4c3CC[C@@H]4Oc3nc(OC)c(CNC[C@@H]4CCC(O)N4)nc3C)c2Cl)ccc1CNC[C@@H]1CCC(=O)N1. The van der Waals surface area contributed by atoms with Crippen LogP contribution in [0.5, 0.6) is 17.6 Å². The highest BCUT2D eigenvalue weighted by molar-refractivity contribution is 6.36. The third kappa shape index (κ3) is 7.86. The molecule has 1 aliphatic carbocycles. The number of hydrogen-bond acceptors (Lipinski definition) is 11. The van der Waals surface area contributed by atoms with Crippen molar-refractivity contribution in [1.82, 2.24) is 36.2 Å². The molecule has 13 heteroatoms. The lowest BCUT2D eigenvalue weighted by Crippen LogP contribution is -2.37. The van der Waals surface area contributed by atoms with Gasteiger partial charge in [-0.3, -0.25) is 10.1 Å². The Morgan fingerprint density at radius 2 is 1.60 bits per heavy atom. The van der Waals surface area contributed by atoms with Crippen molar-refractivity contribution in [2.45, 2.75) is 83.0 Å². The molecule has 1 unspecified atom stereocenters. The third-order valence-electron chi connectivity index (χ3n) is 10.1. The number of nitrogens with zero attached hydrogens (tertiary/aromatic N) is 3. The standard InChI is InChI=1S/C39H46ClN7O5/c1-22-37(47-39(51-3)32(43-22)21-42-20-25-12-17-35(49)45-25)52-33-15-13-27-26(6-4-7-28(27)33)29-8-5-9-30(36(29)40)31-14-10-23(38(46-31)50-2)18-41-19-24-11-16-34(48)44-24/h4-10,14,24-25,33,35,41-42,45,49H,11-13,15-21H2,1-3H3,(H,44,48)/t24-,25-,33-,35?/m0/s1. The Labute approximate surface area is 309 Å². The summed E-state index contributed by atoms with van der Waals surface area (Å²) in [5.41, 5.74) is 8.16. The van der Waals surface area contributed by atoms with Crippen LogP contribution in [0.1, 0.15) is 66.3 Å². The van der Waals surface area contributed by atoms with Gasteiger partial charge in [0.05, 0.1) is 30.6 Å². The van der Waals surface area contributed by atoms with E-state index >= 15 is 0 Å². The number of carbonyl (C=O) groups is 1. The van der Waals surface area contributed by atoms with Crippen LogP contribution >= 0.6 is 11.6 Å². The van der Waals surface area contributed by atoms with Gasteiger partial charge in [-0.2, -0.15) is 4.98 Å². The number of aliphatic hydroxyl groups is 1. The van der Waals surface area contributed by atoms with Gasteiger partial charge in [0.1, 0.15) is 18.0 Å². The maximum Gasteiger partial charge on any atom is 0.240 e. The number of aliphatic hydroxyl groups excluding tert-OH is 1. The molecule has 2 saturated heterocycles. The minimum atomic E-state index is -0.432. The molecule has 1 amide bonds. The van der Waals surface area contributed by atoms with Crippen molar-refractivity contribution in [2.24, 2.45) is 0 Å². The molecule has 2 fully saturated rings. The Balaban J connectivity index is 1.06. The van der Waals surface area contributed by atoms with Gasteiger partial charge in [-0.05, 0) is 61.8 Å². The summed E-state index contributed by atoms with van der Waals surface area (Å²) >= 11 is 7.19. The maximum absolute atomic E-state index is 11.5. The fourth-order valence-electron chi connectivity index (χ4n) is 7.46. The quantitative estimate of drug-likeness (QED) is 0.122. The Bertz CT molecular complexity index is 1930. The summed E-state index contributed by atoms with van der Waals surface area (Å²) in [6, 6.07) is 16.7. The Morgan fingerprint density at radius 1 is 0.827 bits per heavy atom. The molecule has 2 aromatic heterocycles. The lowest BCUT2D eigenvalue weighted by molar-refractivity contribution is -0.119. The molecule has 4 atom stereocenters. The van der Waals surface area contributed by atoms with Crippen LogP contribution in [-0.4, -0.2) is 71.6 Å². The van der Waals surface area contributed by atoms with E-state index in [1.54, 1.807) is 14.2 Å². The van der Waals surface area contributed by atoms with Gasteiger partial charge >= 0.3 is 0 Å². The molecule has 52 heavy (non-hydrogen) atoms. The number of aryl methyl sites for hydroxylation is 1. The summed E-state index contributed by atoms with van der Waals surface area (Å²) in [7, 11) is 3.21. The lowest BCUT2D eigenvalue weighted by atomic mass is 9.94. The second-order valence-electron chi connectivity index (χ2n) is 13.6. The summed E-state index contributed by atoms with van der Waals surface area (Å²) in [6.45, 7) is 4.37. The van der Waals surface area contributed by atoms with Crippen LogP contribution in [0.2, 0.25) is 5.02 Å². The average Bonchev–Trinajstić information content (AvgIpc) is 3.89. The molecule has 0 radical (unpaired) electrons. The molecule has 274 valence electrons. The van der Waals surface area contributed by atoms with E-state index in [0.29, 0.717) is 66.7 Å². The van der Waals surface area contributed by atoms with Crippen LogP contribution in [-0.2, 0) is 24.3 Å². The molecule has 3 aliphatic rings. The van der Waals surface area contributed by atoms with Gasteiger partial charge in [0.25, 0.3) is 0 Å². The van der Waals surface area contributed by atoms with E-state index < -0.39 is 6.23 Å². The zero-order valence-electron chi connectivity index (χ0n) is 29.8. The predicted molar refractivity (Wildman–Crippen MR) is 198 cm³/mol. The van der Waals surface area contributed by atoms with E-state index in [9.17, 15) is 9.90 Å². The van der Waals surface area contributed by atoms with Crippen molar-refractivity contribution in [1.29, 1.82) is 0 Å². The number of aromatic nitrogens is 3. The second kappa shape index (κ2) is 16.1. The van der Waals surface area contributed by atoms with E-state index in [4.69, 9.17) is 40.8 Å². The Hall–Kier alpha value is -4.33. The minimum Gasteiger partial charge on any atom is -0.481 e. The first-order valence-electron chi connectivity index (χ1n) is 18.0. The molecule has 2 aliphatic heterocycles. The molecule has 5 N–H and O–H groups in total. The number of halogens is 1. The first-order valence-corrected chi connectivity index (χ1v) is 18.4. The molecule has 7 rings (SSSR count). The van der Waals surface area contributed by atoms with Gasteiger partial charge in [0, 0.05) is 61.4 Å². The van der Waals surface area contributed by atoms with Crippen molar-refractivity contribution in [2.75, 3.05) is 27.3 Å². The fraction of sp³-hybridized carbons (Fsp3) is 0.436. The zero-order chi connectivity index (χ0) is 36.2. The van der Waals surface area contributed by atoms with Crippen molar-refractivity contribution in [3.05, 3.63) is 81.6 Å². The Kier molecular flexibility index (Phi) is 11.2. The minimum absolute atomic E-state index is 0.107. The first kappa shape index (κ1) is 36.0. The number of amides is 1.